The van der Waals surface area contributed by atoms with Gasteiger partial charge in [0.15, 0.2) is 5.82 Å². The monoisotopic (exact) mass is 309 g/mol. The first kappa shape index (κ1) is 14.1. The maximum absolute atomic E-state index is 12.7. The van der Waals surface area contributed by atoms with E-state index in [2.05, 4.69) is 15.2 Å². The average Bonchev–Trinajstić information content (AvgIpc) is 3.08. The van der Waals surface area contributed by atoms with E-state index >= 15 is 0 Å². The molecule has 0 N–H and O–H groups in total. The standard InChI is InChI=1S/C13H16ClN5O2/c1-8-10(14)11(18(2)16-8)13(20)19-5-3-4-9(6-19)12-15-7-21-17-12/h7,9H,3-6H2,1-2H3. The van der Waals surface area contributed by atoms with Crippen molar-refractivity contribution in [3.63, 3.8) is 0 Å². The van der Waals surface area contributed by atoms with Gasteiger partial charge < -0.3 is 9.42 Å². The smallest absolute Gasteiger partial charge is 0.273 e. The molecule has 1 atom stereocenters. The van der Waals surface area contributed by atoms with Gasteiger partial charge in [-0.3, -0.25) is 9.48 Å². The summed E-state index contributed by atoms with van der Waals surface area (Å²) in [5.41, 5.74) is 1.09. The molecule has 7 nitrogen and oxygen atoms in total. The molecule has 1 saturated heterocycles. The van der Waals surface area contributed by atoms with E-state index in [1.54, 1.807) is 18.9 Å². The molecule has 0 saturated carbocycles. The minimum absolute atomic E-state index is 0.101. The molecule has 21 heavy (non-hydrogen) atoms. The van der Waals surface area contributed by atoms with Crippen LogP contribution in [-0.4, -0.2) is 43.8 Å². The average molecular weight is 310 g/mol. The number of halogens is 1. The first-order chi connectivity index (χ1) is 10.1. The molecule has 1 unspecified atom stereocenters. The molecular weight excluding hydrogens is 294 g/mol. The number of rotatable bonds is 2. The predicted molar refractivity (Wildman–Crippen MR) is 75.1 cm³/mol. The largest absolute Gasteiger partial charge is 0.343 e. The van der Waals surface area contributed by atoms with Crippen LogP contribution in [0.4, 0.5) is 0 Å². The minimum Gasteiger partial charge on any atom is -0.343 e. The summed E-state index contributed by atoms with van der Waals surface area (Å²) < 4.78 is 6.33. The van der Waals surface area contributed by atoms with Gasteiger partial charge >= 0.3 is 0 Å². The van der Waals surface area contributed by atoms with Crippen LogP contribution in [0.3, 0.4) is 0 Å². The van der Waals surface area contributed by atoms with Crippen LogP contribution in [0.1, 0.15) is 40.8 Å². The fraction of sp³-hybridized carbons (Fsp3) is 0.538. The summed E-state index contributed by atoms with van der Waals surface area (Å²) in [4.78, 5) is 18.6. The topological polar surface area (TPSA) is 77.0 Å². The van der Waals surface area contributed by atoms with E-state index in [-0.39, 0.29) is 11.8 Å². The molecule has 0 radical (unpaired) electrons. The second kappa shape index (κ2) is 5.48. The molecule has 1 aliphatic heterocycles. The molecule has 2 aromatic rings. The van der Waals surface area contributed by atoms with Gasteiger partial charge in [-0.1, -0.05) is 16.8 Å². The molecule has 8 heteroatoms. The Kier molecular flexibility index (Phi) is 3.67. The van der Waals surface area contributed by atoms with Crippen LogP contribution in [0, 0.1) is 6.92 Å². The number of nitrogens with zero attached hydrogens (tertiary/aromatic N) is 5. The molecule has 1 amide bonds. The third-order valence-electron chi connectivity index (χ3n) is 3.80. The van der Waals surface area contributed by atoms with Crippen molar-refractivity contribution in [2.45, 2.75) is 25.7 Å². The molecular formula is C13H16ClN5O2. The molecule has 0 spiro atoms. The number of hydrogen-bond donors (Lipinski definition) is 0. The Labute approximate surface area is 126 Å². The van der Waals surface area contributed by atoms with Crippen molar-refractivity contribution in [1.82, 2.24) is 24.8 Å². The van der Waals surface area contributed by atoms with Crippen molar-refractivity contribution in [3.05, 3.63) is 28.6 Å². The lowest BCUT2D eigenvalue weighted by molar-refractivity contribution is 0.0692. The second-order valence-corrected chi connectivity index (χ2v) is 5.63. The van der Waals surface area contributed by atoms with Crippen LogP contribution < -0.4 is 0 Å². The van der Waals surface area contributed by atoms with E-state index in [0.29, 0.717) is 35.3 Å². The third-order valence-corrected chi connectivity index (χ3v) is 4.26. The highest BCUT2D eigenvalue weighted by Crippen LogP contribution is 2.27. The molecule has 0 bridgehead atoms. The van der Waals surface area contributed by atoms with E-state index in [1.807, 2.05) is 0 Å². The van der Waals surface area contributed by atoms with Crippen molar-refractivity contribution >= 4 is 17.5 Å². The normalized spacial score (nSPS) is 19.0. The Hall–Kier alpha value is -1.89. The van der Waals surface area contributed by atoms with Crippen LogP contribution in [-0.2, 0) is 7.05 Å². The minimum atomic E-state index is -0.101. The number of aromatic nitrogens is 4. The zero-order valence-corrected chi connectivity index (χ0v) is 12.7. The number of aryl methyl sites for hydroxylation is 2. The summed E-state index contributed by atoms with van der Waals surface area (Å²) in [6, 6.07) is 0. The zero-order chi connectivity index (χ0) is 15.0. The number of piperidine rings is 1. The number of carbonyl (C=O) groups excluding carboxylic acids is 1. The van der Waals surface area contributed by atoms with E-state index < -0.39 is 0 Å². The van der Waals surface area contributed by atoms with Gasteiger partial charge in [-0.25, -0.2) is 0 Å². The fourth-order valence-corrected chi connectivity index (χ4v) is 2.99. The van der Waals surface area contributed by atoms with Gasteiger partial charge in [0.2, 0.25) is 6.39 Å². The quantitative estimate of drug-likeness (QED) is 0.845. The Bertz CT molecular complexity index is 652. The Morgan fingerprint density at radius 2 is 2.33 bits per heavy atom. The number of hydrogen-bond acceptors (Lipinski definition) is 5. The zero-order valence-electron chi connectivity index (χ0n) is 11.9. The van der Waals surface area contributed by atoms with Crippen LogP contribution >= 0.6 is 11.6 Å². The van der Waals surface area contributed by atoms with E-state index in [0.717, 1.165) is 12.8 Å². The van der Waals surface area contributed by atoms with E-state index in [4.69, 9.17) is 16.1 Å². The Morgan fingerprint density at radius 3 is 2.95 bits per heavy atom. The van der Waals surface area contributed by atoms with Crippen LogP contribution in [0.25, 0.3) is 0 Å². The van der Waals surface area contributed by atoms with Crippen molar-refractivity contribution in [1.29, 1.82) is 0 Å². The number of carbonyl (C=O) groups is 1. The molecule has 1 aliphatic rings. The highest BCUT2D eigenvalue weighted by Gasteiger charge is 2.30. The summed E-state index contributed by atoms with van der Waals surface area (Å²) in [5.74, 6) is 0.658. The maximum atomic E-state index is 12.7. The van der Waals surface area contributed by atoms with Crippen molar-refractivity contribution in [2.24, 2.45) is 7.05 Å². The third kappa shape index (κ3) is 2.53. The molecule has 0 aromatic carbocycles. The molecule has 2 aromatic heterocycles. The van der Waals surface area contributed by atoms with E-state index in [1.165, 1.54) is 11.1 Å². The summed E-state index contributed by atoms with van der Waals surface area (Å²) in [5, 5.41) is 8.49. The van der Waals surface area contributed by atoms with Gasteiger partial charge in [0.05, 0.1) is 10.7 Å². The highest BCUT2D eigenvalue weighted by atomic mass is 35.5. The van der Waals surface area contributed by atoms with Gasteiger partial charge in [0, 0.05) is 26.1 Å². The molecule has 112 valence electrons. The van der Waals surface area contributed by atoms with Crippen LogP contribution in [0.15, 0.2) is 10.9 Å². The van der Waals surface area contributed by atoms with Crippen molar-refractivity contribution in [2.75, 3.05) is 13.1 Å². The second-order valence-electron chi connectivity index (χ2n) is 5.25. The fourth-order valence-electron chi connectivity index (χ4n) is 2.75. The molecule has 3 rings (SSSR count). The van der Waals surface area contributed by atoms with Gasteiger partial charge in [-0.2, -0.15) is 10.1 Å². The van der Waals surface area contributed by atoms with Crippen LogP contribution in [0.5, 0.6) is 0 Å². The molecule has 0 aliphatic carbocycles. The predicted octanol–water partition coefficient (Wildman–Crippen LogP) is 1.78. The molecule has 1 fully saturated rings. The number of likely N-dealkylation sites (tertiary alicyclic amines) is 1. The summed E-state index contributed by atoms with van der Waals surface area (Å²) in [7, 11) is 1.73. The molecule has 3 heterocycles. The lowest BCUT2D eigenvalue weighted by Gasteiger charge is -2.31. The van der Waals surface area contributed by atoms with Crippen molar-refractivity contribution < 1.29 is 9.32 Å². The Morgan fingerprint density at radius 1 is 1.52 bits per heavy atom. The lowest BCUT2D eigenvalue weighted by atomic mass is 9.97. The summed E-state index contributed by atoms with van der Waals surface area (Å²) in [6.07, 6.45) is 3.16. The van der Waals surface area contributed by atoms with Crippen molar-refractivity contribution in [3.8, 4) is 0 Å². The summed E-state index contributed by atoms with van der Waals surface area (Å²) in [6.45, 7) is 3.06. The first-order valence-corrected chi connectivity index (χ1v) is 7.20. The Balaban J connectivity index is 1.81. The maximum Gasteiger partial charge on any atom is 0.273 e. The van der Waals surface area contributed by atoms with E-state index in [9.17, 15) is 4.79 Å². The van der Waals surface area contributed by atoms with Crippen LogP contribution in [0.2, 0.25) is 5.02 Å². The SMILES string of the molecule is Cc1nn(C)c(C(=O)N2CCCC(c3ncon3)C2)c1Cl. The van der Waals surface area contributed by atoms with Gasteiger partial charge in [-0.15, -0.1) is 0 Å². The van der Waals surface area contributed by atoms with Gasteiger partial charge in [0.1, 0.15) is 5.69 Å². The summed E-state index contributed by atoms with van der Waals surface area (Å²) >= 11 is 6.19. The van der Waals surface area contributed by atoms with Gasteiger partial charge in [0.25, 0.3) is 5.91 Å². The first-order valence-electron chi connectivity index (χ1n) is 6.82. The van der Waals surface area contributed by atoms with Gasteiger partial charge in [-0.05, 0) is 19.8 Å². The highest BCUT2D eigenvalue weighted by molar-refractivity contribution is 6.34. The number of amides is 1. The lowest BCUT2D eigenvalue weighted by Crippen LogP contribution is -2.40.